The Hall–Kier alpha value is -1.37. The lowest BCUT2D eigenvalue weighted by Crippen LogP contribution is -2.27. The van der Waals surface area contributed by atoms with Crippen LogP contribution in [0.4, 0.5) is 0 Å². The van der Waals surface area contributed by atoms with Crippen LogP contribution in [0.3, 0.4) is 0 Å². The molecule has 7 heteroatoms. The van der Waals surface area contributed by atoms with E-state index >= 15 is 0 Å². The number of hydrogen-bond donors (Lipinski definition) is 2. The average Bonchev–Trinajstić information content (AvgIpc) is 2.90. The van der Waals surface area contributed by atoms with Gasteiger partial charge in [-0.15, -0.1) is 12.4 Å². The van der Waals surface area contributed by atoms with Gasteiger partial charge in [0, 0.05) is 25.5 Å². The number of nitrogens with zero attached hydrogens (tertiary/aromatic N) is 1. The quantitative estimate of drug-likeness (QED) is 0.731. The fraction of sp³-hybridized carbons (Fsp3) is 0.286. The van der Waals surface area contributed by atoms with Gasteiger partial charge in [0.15, 0.2) is 0 Å². The van der Waals surface area contributed by atoms with Gasteiger partial charge in [0.05, 0.1) is 10.7 Å². The first-order chi connectivity index (χ1) is 9.77. The Labute approximate surface area is 138 Å². The lowest BCUT2D eigenvalue weighted by Gasteiger charge is -2.05. The molecule has 0 saturated carbocycles. The Bertz CT molecular complexity index is 548. The van der Waals surface area contributed by atoms with E-state index in [2.05, 4.69) is 31.5 Å². The van der Waals surface area contributed by atoms with Crippen molar-refractivity contribution in [3.63, 3.8) is 0 Å². The summed E-state index contributed by atoms with van der Waals surface area (Å²) in [5.41, 5.74) is 1.15. The van der Waals surface area contributed by atoms with Crippen molar-refractivity contribution < 1.29 is 9.21 Å². The van der Waals surface area contributed by atoms with Gasteiger partial charge in [0.1, 0.15) is 0 Å². The SMILES string of the molecule is Cl.O=C(NCCCNCc1cccnc1)c1occc1Br. The molecule has 0 spiro atoms. The Morgan fingerprint density at radius 1 is 1.33 bits per heavy atom. The molecule has 5 nitrogen and oxygen atoms in total. The minimum atomic E-state index is -0.200. The predicted octanol–water partition coefficient (Wildman–Crippen LogP) is 2.77. The van der Waals surface area contributed by atoms with Crippen LogP contribution in [0.25, 0.3) is 0 Å². The molecule has 0 aliphatic heterocycles. The highest BCUT2D eigenvalue weighted by atomic mass is 79.9. The third kappa shape index (κ3) is 5.87. The maximum Gasteiger partial charge on any atom is 0.288 e. The van der Waals surface area contributed by atoms with Crippen LogP contribution in [0.1, 0.15) is 22.5 Å². The van der Waals surface area contributed by atoms with Gasteiger partial charge in [-0.2, -0.15) is 0 Å². The molecule has 2 N–H and O–H groups in total. The van der Waals surface area contributed by atoms with Gasteiger partial charge in [-0.1, -0.05) is 6.07 Å². The van der Waals surface area contributed by atoms with Crippen molar-refractivity contribution in [1.29, 1.82) is 0 Å². The fourth-order valence-electron chi connectivity index (χ4n) is 1.69. The summed E-state index contributed by atoms with van der Waals surface area (Å²) in [5, 5.41) is 6.11. The zero-order chi connectivity index (χ0) is 14.2. The van der Waals surface area contributed by atoms with E-state index in [-0.39, 0.29) is 18.3 Å². The number of hydrogen-bond acceptors (Lipinski definition) is 4. The number of nitrogens with one attached hydrogen (secondary N) is 2. The Morgan fingerprint density at radius 3 is 2.86 bits per heavy atom. The molecule has 0 bridgehead atoms. The van der Waals surface area contributed by atoms with Crippen molar-refractivity contribution in [2.75, 3.05) is 13.1 Å². The second-order valence-electron chi connectivity index (χ2n) is 4.25. The second kappa shape index (κ2) is 9.55. The van der Waals surface area contributed by atoms with Crippen LogP contribution in [-0.2, 0) is 6.54 Å². The lowest BCUT2D eigenvalue weighted by atomic mass is 10.3. The third-order valence-electron chi connectivity index (χ3n) is 2.69. The second-order valence-corrected chi connectivity index (χ2v) is 5.10. The van der Waals surface area contributed by atoms with Gasteiger partial charge < -0.3 is 15.1 Å². The molecule has 0 atom stereocenters. The summed E-state index contributed by atoms with van der Waals surface area (Å²) in [6.45, 7) is 2.21. The van der Waals surface area contributed by atoms with Crippen LogP contribution in [0.15, 0.2) is 45.7 Å². The number of carbonyl (C=O) groups excluding carboxylic acids is 1. The molecular formula is C14H17BrClN3O2. The molecule has 0 fully saturated rings. The van der Waals surface area contributed by atoms with E-state index in [0.29, 0.717) is 16.8 Å². The third-order valence-corrected chi connectivity index (χ3v) is 3.32. The van der Waals surface area contributed by atoms with E-state index in [0.717, 1.165) is 25.1 Å². The molecule has 2 aromatic heterocycles. The number of aromatic nitrogens is 1. The molecular weight excluding hydrogens is 358 g/mol. The van der Waals surface area contributed by atoms with Crippen LogP contribution in [0.2, 0.25) is 0 Å². The summed E-state index contributed by atoms with van der Waals surface area (Å²) >= 11 is 3.25. The highest BCUT2D eigenvalue weighted by Gasteiger charge is 2.12. The first kappa shape index (κ1) is 17.7. The summed E-state index contributed by atoms with van der Waals surface area (Å²) in [6.07, 6.45) is 5.92. The number of amides is 1. The van der Waals surface area contributed by atoms with Crippen molar-refractivity contribution in [3.8, 4) is 0 Å². The minimum absolute atomic E-state index is 0. The van der Waals surface area contributed by atoms with Crippen LogP contribution in [-0.4, -0.2) is 24.0 Å². The van der Waals surface area contributed by atoms with Gasteiger partial charge >= 0.3 is 0 Å². The van der Waals surface area contributed by atoms with Gasteiger partial charge in [-0.3, -0.25) is 9.78 Å². The van der Waals surface area contributed by atoms with E-state index in [9.17, 15) is 4.79 Å². The molecule has 0 saturated heterocycles. The molecule has 2 heterocycles. The Kier molecular flexibility index (Phi) is 8.04. The molecule has 2 aromatic rings. The fourth-order valence-corrected chi connectivity index (χ4v) is 2.07. The van der Waals surface area contributed by atoms with Crippen molar-refractivity contribution in [3.05, 3.63) is 52.7 Å². The standard InChI is InChI=1S/C14H16BrN3O2.ClH/c15-12-4-8-20-13(12)14(19)18-7-2-6-17-10-11-3-1-5-16-9-11;/h1,3-5,8-9,17H,2,6-7,10H2,(H,18,19);1H. The number of halogens is 2. The molecule has 2 rings (SSSR count). The van der Waals surface area contributed by atoms with E-state index in [1.165, 1.54) is 6.26 Å². The number of carbonyl (C=O) groups is 1. The topological polar surface area (TPSA) is 67.2 Å². The maximum atomic E-state index is 11.7. The molecule has 21 heavy (non-hydrogen) atoms. The summed E-state index contributed by atoms with van der Waals surface area (Å²) in [5.74, 6) is 0.113. The molecule has 0 aliphatic carbocycles. The predicted molar refractivity (Wildman–Crippen MR) is 86.5 cm³/mol. The first-order valence-corrected chi connectivity index (χ1v) is 7.17. The number of rotatable bonds is 7. The highest BCUT2D eigenvalue weighted by molar-refractivity contribution is 9.10. The lowest BCUT2D eigenvalue weighted by molar-refractivity contribution is 0.0924. The van der Waals surface area contributed by atoms with Crippen molar-refractivity contribution in [1.82, 2.24) is 15.6 Å². The summed E-state index contributed by atoms with van der Waals surface area (Å²) in [4.78, 5) is 15.8. The molecule has 0 unspecified atom stereocenters. The largest absolute Gasteiger partial charge is 0.458 e. The van der Waals surface area contributed by atoms with E-state index < -0.39 is 0 Å². The number of pyridine rings is 1. The molecule has 0 aliphatic rings. The molecule has 0 radical (unpaired) electrons. The van der Waals surface area contributed by atoms with E-state index in [4.69, 9.17) is 4.42 Å². The molecule has 114 valence electrons. The van der Waals surface area contributed by atoms with Crippen LogP contribution < -0.4 is 10.6 Å². The number of furan rings is 1. The summed E-state index contributed by atoms with van der Waals surface area (Å²) in [6, 6.07) is 5.64. The minimum Gasteiger partial charge on any atom is -0.458 e. The van der Waals surface area contributed by atoms with Gasteiger partial charge in [0.25, 0.3) is 5.91 Å². The maximum absolute atomic E-state index is 11.7. The van der Waals surface area contributed by atoms with E-state index in [1.54, 1.807) is 12.3 Å². The van der Waals surface area contributed by atoms with Crippen LogP contribution in [0, 0.1) is 0 Å². The van der Waals surface area contributed by atoms with Gasteiger partial charge in [-0.05, 0) is 46.6 Å². The van der Waals surface area contributed by atoms with Gasteiger partial charge in [-0.25, -0.2) is 0 Å². The molecule has 1 amide bonds. The van der Waals surface area contributed by atoms with Crippen LogP contribution in [0.5, 0.6) is 0 Å². The smallest absolute Gasteiger partial charge is 0.288 e. The highest BCUT2D eigenvalue weighted by Crippen LogP contribution is 2.16. The zero-order valence-electron chi connectivity index (χ0n) is 11.3. The van der Waals surface area contributed by atoms with Crippen LogP contribution >= 0.6 is 28.3 Å². The van der Waals surface area contributed by atoms with E-state index in [1.807, 2.05) is 18.3 Å². The summed E-state index contributed by atoms with van der Waals surface area (Å²) < 4.78 is 5.75. The van der Waals surface area contributed by atoms with Gasteiger partial charge in [0.2, 0.25) is 5.76 Å². The first-order valence-electron chi connectivity index (χ1n) is 6.38. The normalized spacial score (nSPS) is 9.95. The Morgan fingerprint density at radius 2 is 2.19 bits per heavy atom. The summed E-state index contributed by atoms with van der Waals surface area (Å²) in [7, 11) is 0. The zero-order valence-corrected chi connectivity index (χ0v) is 13.7. The Balaban J connectivity index is 0.00000220. The monoisotopic (exact) mass is 373 g/mol. The van der Waals surface area contributed by atoms with Crippen molar-refractivity contribution >= 4 is 34.2 Å². The molecule has 0 aromatic carbocycles. The van der Waals surface area contributed by atoms with Crippen molar-refractivity contribution in [2.45, 2.75) is 13.0 Å². The van der Waals surface area contributed by atoms with Crippen molar-refractivity contribution in [2.24, 2.45) is 0 Å². The average molecular weight is 375 g/mol.